The van der Waals surface area contributed by atoms with Crippen LogP contribution < -0.4 is 9.47 Å². The summed E-state index contributed by atoms with van der Waals surface area (Å²) in [5.41, 5.74) is 0.766. The van der Waals surface area contributed by atoms with Crippen LogP contribution in [0.3, 0.4) is 0 Å². The summed E-state index contributed by atoms with van der Waals surface area (Å²) in [6.07, 6.45) is 2.87. The molecule has 0 saturated heterocycles. The van der Waals surface area contributed by atoms with Crippen LogP contribution in [0.5, 0.6) is 11.5 Å². The molecule has 4 heteroatoms. The van der Waals surface area contributed by atoms with Gasteiger partial charge in [-0.05, 0) is 35.0 Å². The molecule has 2 aromatic rings. The molecule has 0 spiro atoms. The molecule has 2 aromatic carbocycles. The molecule has 3 rings (SSSR count). The number of hydrogen-bond acceptors (Lipinski definition) is 4. The van der Waals surface area contributed by atoms with Crippen LogP contribution in [0.1, 0.15) is 47.4 Å². The standard InChI is InChI=1S/C17H16O4/c1-3-17(4-2)20-15-7-11-5-13(9-18)14(10-19)6-12(11)8-16(15)21-17/h5-10H,3-4H2,1-2H3. The van der Waals surface area contributed by atoms with E-state index in [4.69, 9.17) is 9.47 Å². The largest absolute Gasteiger partial charge is 0.448 e. The van der Waals surface area contributed by atoms with Gasteiger partial charge in [0.25, 0.3) is 5.79 Å². The molecule has 0 aromatic heterocycles. The van der Waals surface area contributed by atoms with Gasteiger partial charge >= 0.3 is 0 Å². The highest BCUT2D eigenvalue weighted by Crippen LogP contribution is 2.44. The maximum absolute atomic E-state index is 11.0. The van der Waals surface area contributed by atoms with E-state index in [0.717, 1.165) is 23.6 Å². The lowest BCUT2D eigenvalue weighted by Gasteiger charge is -2.24. The second-order valence-corrected chi connectivity index (χ2v) is 5.18. The summed E-state index contributed by atoms with van der Waals surface area (Å²) in [5, 5.41) is 1.71. The molecular weight excluding hydrogens is 268 g/mol. The number of carbonyl (C=O) groups is 2. The van der Waals surface area contributed by atoms with E-state index < -0.39 is 5.79 Å². The molecule has 0 aliphatic carbocycles. The van der Waals surface area contributed by atoms with Crippen LogP contribution in [-0.4, -0.2) is 18.4 Å². The molecule has 108 valence electrons. The molecule has 4 nitrogen and oxygen atoms in total. The minimum atomic E-state index is -0.610. The summed E-state index contributed by atoms with van der Waals surface area (Å²) < 4.78 is 11.9. The first-order valence-corrected chi connectivity index (χ1v) is 7.05. The molecule has 0 amide bonds. The Balaban J connectivity index is 2.16. The Kier molecular flexibility index (Phi) is 3.16. The number of fused-ring (bicyclic) bond motifs is 2. The Morgan fingerprint density at radius 3 is 1.62 bits per heavy atom. The summed E-state index contributed by atoms with van der Waals surface area (Å²) in [4.78, 5) is 22.1. The van der Waals surface area contributed by atoms with Crippen LogP contribution in [0, 0.1) is 0 Å². The molecule has 0 bridgehead atoms. The van der Waals surface area contributed by atoms with Gasteiger partial charge in [0.15, 0.2) is 24.1 Å². The molecule has 1 aliphatic heterocycles. The highest BCUT2D eigenvalue weighted by Gasteiger charge is 2.38. The third-order valence-electron chi connectivity index (χ3n) is 4.03. The van der Waals surface area contributed by atoms with Crippen LogP contribution in [0.15, 0.2) is 24.3 Å². The molecule has 1 heterocycles. The van der Waals surface area contributed by atoms with E-state index in [-0.39, 0.29) is 0 Å². The summed E-state index contributed by atoms with van der Waals surface area (Å²) in [6, 6.07) is 7.12. The van der Waals surface area contributed by atoms with Gasteiger partial charge in [0.05, 0.1) is 0 Å². The summed E-state index contributed by atoms with van der Waals surface area (Å²) in [5.74, 6) is 0.754. The maximum Gasteiger partial charge on any atom is 0.251 e. The fourth-order valence-electron chi connectivity index (χ4n) is 2.67. The SMILES string of the molecule is CCC1(CC)Oc2cc3cc(C=O)c(C=O)cc3cc2O1. The van der Waals surface area contributed by atoms with Gasteiger partial charge in [-0.25, -0.2) is 0 Å². The van der Waals surface area contributed by atoms with Crippen LogP contribution >= 0.6 is 0 Å². The average Bonchev–Trinajstić information content (AvgIpc) is 2.89. The van der Waals surface area contributed by atoms with Gasteiger partial charge in [-0.2, -0.15) is 0 Å². The second kappa shape index (κ2) is 4.88. The molecule has 1 aliphatic rings. The predicted molar refractivity (Wildman–Crippen MR) is 79.3 cm³/mol. The lowest BCUT2D eigenvalue weighted by molar-refractivity contribution is -0.0842. The zero-order chi connectivity index (χ0) is 15.0. The molecule has 0 unspecified atom stereocenters. The first-order valence-electron chi connectivity index (χ1n) is 7.05. The van der Waals surface area contributed by atoms with Crippen molar-refractivity contribution in [1.29, 1.82) is 0 Å². The highest BCUT2D eigenvalue weighted by atomic mass is 16.7. The quantitative estimate of drug-likeness (QED) is 0.802. The van der Waals surface area contributed by atoms with Gasteiger partial charge < -0.3 is 9.47 Å². The zero-order valence-electron chi connectivity index (χ0n) is 12.0. The first-order chi connectivity index (χ1) is 10.1. The Labute approximate surface area is 122 Å². The maximum atomic E-state index is 11.0. The van der Waals surface area contributed by atoms with Crippen molar-refractivity contribution in [2.75, 3.05) is 0 Å². The van der Waals surface area contributed by atoms with Crippen molar-refractivity contribution in [2.45, 2.75) is 32.5 Å². The normalized spacial score (nSPS) is 15.1. The van der Waals surface area contributed by atoms with Gasteiger partial charge in [-0.1, -0.05) is 13.8 Å². The Morgan fingerprint density at radius 1 is 0.857 bits per heavy atom. The van der Waals surface area contributed by atoms with Crippen LogP contribution in [-0.2, 0) is 0 Å². The fraction of sp³-hybridized carbons (Fsp3) is 0.294. The third-order valence-corrected chi connectivity index (χ3v) is 4.03. The zero-order valence-corrected chi connectivity index (χ0v) is 12.0. The molecule has 0 atom stereocenters. The Bertz CT molecular complexity index is 671. The molecule has 0 N–H and O–H groups in total. The van der Waals surface area contributed by atoms with E-state index >= 15 is 0 Å². The van der Waals surface area contributed by atoms with E-state index in [9.17, 15) is 9.59 Å². The van der Waals surface area contributed by atoms with Gasteiger partial charge in [0.2, 0.25) is 0 Å². The molecule has 21 heavy (non-hydrogen) atoms. The average molecular weight is 284 g/mol. The minimum absolute atomic E-state index is 0.383. The lowest BCUT2D eigenvalue weighted by Crippen LogP contribution is -2.36. The lowest BCUT2D eigenvalue weighted by atomic mass is 10.0. The summed E-state index contributed by atoms with van der Waals surface area (Å²) in [7, 11) is 0. The smallest absolute Gasteiger partial charge is 0.251 e. The monoisotopic (exact) mass is 284 g/mol. The van der Waals surface area contributed by atoms with Crippen LogP contribution in [0.25, 0.3) is 10.8 Å². The summed E-state index contributed by atoms with van der Waals surface area (Å²) in [6.45, 7) is 4.04. The van der Waals surface area contributed by atoms with Crippen LogP contribution in [0.4, 0.5) is 0 Å². The van der Waals surface area contributed by atoms with Gasteiger partial charge in [-0.3, -0.25) is 9.59 Å². The van der Waals surface area contributed by atoms with E-state index in [0.29, 0.717) is 35.2 Å². The van der Waals surface area contributed by atoms with Crippen molar-refractivity contribution in [3.8, 4) is 11.5 Å². The number of benzene rings is 2. The second-order valence-electron chi connectivity index (χ2n) is 5.18. The van der Waals surface area contributed by atoms with E-state index in [2.05, 4.69) is 0 Å². The Hall–Kier alpha value is -2.36. The number of carbonyl (C=O) groups excluding carboxylic acids is 2. The fourth-order valence-corrected chi connectivity index (χ4v) is 2.67. The first kappa shape index (κ1) is 13.6. The van der Waals surface area contributed by atoms with Crippen molar-refractivity contribution in [2.24, 2.45) is 0 Å². The molecule has 0 radical (unpaired) electrons. The van der Waals surface area contributed by atoms with Gasteiger partial charge in [-0.15, -0.1) is 0 Å². The van der Waals surface area contributed by atoms with Gasteiger partial charge in [0.1, 0.15) is 0 Å². The minimum Gasteiger partial charge on any atom is -0.448 e. The van der Waals surface area contributed by atoms with Crippen molar-refractivity contribution < 1.29 is 19.1 Å². The van der Waals surface area contributed by atoms with E-state index in [1.165, 1.54) is 0 Å². The van der Waals surface area contributed by atoms with Gasteiger partial charge in [0, 0.05) is 24.0 Å². The van der Waals surface area contributed by atoms with E-state index in [1.54, 1.807) is 12.1 Å². The predicted octanol–water partition coefficient (Wildman–Crippen LogP) is 3.75. The number of hydrogen-bond donors (Lipinski definition) is 0. The summed E-state index contributed by atoms with van der Waals surface area (Å²) >= 11 is 0. The van der Waals surface area contributed by atoms with Crippen molar-refractivity contribution >= 4 is 23.3 Å². The van der Waals surface area contributed by atoms with Crippen molar-refractivity contribution in [3.05, 3.63) is 35.4 Å². The van der Waals surface area contributed by atoms with Crippen molar-refractivity contribution in [1.82, 2.24) is 0 Å². The molecular formula is C17H16O4. The van der Waals surface area contributed by atoms with E-state index in [1.807, 2.05) is 26.0 Å². The number of rotatable bonds is 4. The molecule has 0 saturated carbocycles. The van der Waals surface area contributed by atoms with Crippen LogP contribution in [0.2, 0.25) is 0 Å². The molecule has 0 fully saturated rings. The highest BCUT2D eigenvalue weighted by molar-refractivity contribution is 5.99. The topological polar surface area (TPSA) is 52.6 Å². The third kappa shape index (κ3) is 2.07. The number of ether oxygens (including phenoxy) is 2. The Morgan fingerprint density at radius 2 is 1.29 bits per heavy atom. The van der Waals surface area contributed by atoms with Crippen molar-refractivity contribution in [3.63, 3.8) is 0 Å². The number of aldehydes is 2.